The van der Waals surface area contributed by atoms with Crippen molar-refractivity contribution in [1.29, 1.82) is 0 Å². The fourth-order valence-corrected chi connectivity index (χ4v) is 4.37. The number of aliphatic hydroxyl groups excluding tert-OH is 2. The van der Waals surface area contributed by atoms with Gasteiger partial charge in [0, 0.05) is 0 Å². The third-order valence-electron chi connectivity index (χ3n) is 3.69. The van der Waals surface area contributed by atoms with E-state index in [2.05, 4.69) is 19.3 Å². The average Bonchev–Trinajstić information content (AvgIpc) is 3.03. The molecule has 0 bridgehead atoms. The molecule has 1 unspecified atom stereocenters. The molecule has 0 radical (unpaired) electrons. The highest BCUT2D eigenvalue weighted by atomic mass is 31.3. The standard InChI is InChI=1S/C10H15N5O10P2/c1-4-6(16)7(17)10(23-4,24-27(21,22)25-26(18,19)20)15-3-14-5-8(11)12-2-13-9(5)15/h2-4,6-7,16-17H,1H3,(H,21,22)(H2,11,12,13)(H2,18,19,20)/t4-,6-,7-,10-/m1/s1. The Labute approximate surface area is 150 Å². The van der Waals surface area contributed by atoms with Crippen molar-refractivity contribution in [2.45, 2.75) is 31.1 Å². The van der Waals surface area contributed by atoms with Gasteiger partial charge >= 0.3 is 15.6 Å². The van der Waals surface area contributed by atoms with Crippen molar-refractivity contribution in [3.05, 3.63) is 12.7 Å². The maximum Gasteiger partial charge on any atom is 0.485 e. The van der Waals surface area contributed by atoms with Crippen LogP contribution >= 0.6 is 15.6 Å². The van der Waals surface area contributed by atoms with Crippen molar-refractivity contribution in [2.24, 2.45) is 0 Å². The second-order valence-electron chi connectivity index (χ2n) is 5.57. The van der Waals surface area contributed by atoms with Gasteiger partial charge in [-0.3, -0.25) is 4.57 Å². The summed E-state index contributed by atoms with van der Waals surface area (Å²) < 4.78 is 37.8. The Balaban J connectivity index is 2.16. The number of nitrogens with two attached hydrogens (primary N) is 1. The monoisotopic (exact) mass is 427 g/mol. The highest BCUT2D eigenvalue weighted by Crippen LogP contribution is 2.61. The van der Waals surface area contributed by atoms with Gasteiger partial charge in [0.15, 0.2) is 17.6 Å². The van der Waals surface area contributed by atoms with E-state index in [1.54, 1.807) is 0 Å². The maximum absolute atomic E-state index is 12.1. The summed E-state index contributed by atoms with van der Waals surface area (Å²) in [5, 5.41) is 20.5. The topological polar surface area (TPSA) is 233 Å². The van der Waals surface area contributed by atoms with Crippen LogP contribution in [0, 0.1) is 0 Å². The number of anilines is 1. The Morgan fingerprint density at radius 1 is 1.26 bits per heavy atom. The molecule has 1 aliphatic heterocycles. The molecule has 2 aromatic heterocycles. The van der Waals surface area contributed by atoms with E-state index in [-0.39, 0.29) is 17.0 Å². The van der Waals surface area contributed by atoms with Crippen molar-refractivity contribution in [1.82, 2.24) is 19.5 Å². The smallest absolute Gasteiger partial charge is 0.387 e. The molecule has 15 nitrogen and oxygen atoms in total. The lowest BCUT2D eigenvalue weighted by atomic mass is 10.1. The largest absolute Gasteiger partial charge is 0.485 e. The minimum absolute atomic E-state index is 0.00833. The van der Waals surface area contributed by atoms with E-state index in [9.17, 15) is 24.2 Å². The van der Waals surface area contributed by atoms with E-state index in [0.29, 0.717) is 0 Å². The van der Waals surface area contributed by atoms with Crippen LogP contribution in [0.1, 0.15) is 6.92 Å². The first-order valence-corrected chi connectivity index (χ1v) is 10.2. The molecule has 150 valence electrons. The molecule has 0 saturated carbocycles. The molecule has 0 spiro atoms. The summed E-state index contributed by atoms with van der Waals surface area (Å²) in [6.07, 6.45) is -2.78. The summed E-state index contributed by atoms with van der Waals surface area (Å²) in [7, 11) is -11.0. The quantitative estimate of drug-likeness (QED) is 0.295. The first kappa shape index (κ1) is 20.2. The van der Waals surface area contributed by atoms with Crippen LogP contribution in [-0.2, 0) is 28.6 Å². The Hall–Kier alpha value is -1.51. The zero-order valence-electron chi connectivity index (χ0n) is 13.4. The molecular weight excluding hydrogens is 412 g/mol. The fourth-order valence-electron chi connectivity index (χ4n) is 2.59. The third-order valence-corrected chi connectivity index (χ3v) is 5.85. The van der Waals surface area contributed by atoms with E-state index in [0.717, 1.165) is 17.2 Å². The van der Waals surface area contributed by atoms with Gasteiger partial charge in [-0.05, 0) is 6.92 Å². The highest BCUT2D eigenvalue weighted by molar-refractivity contribution is 7.60. The minimum atomic E-state index is -5.53. The lowest BCUT2D eigenvalue weighted by molar-refractivity contribution is -0.270. The van der Waals surface area contributed by atoms with E-state index in [1.165, 1.54) is 6.92 Å². The van der Waals surface area contributed by atoms with Gasteiger partial charge < -0.3 is 35.4 Å². The number of imidazole rings is 1. The number of phosphoric acid groups is 2. The average molecular weight is 427 g/mol. The van der Waals surface area contributed by atoms with Crippen LogP contribution in [0.15, 0.2) is 12.7 Å². The van der Waals surface area contributed by atoms with Crippen molar-refractivity contribution in [2.75, 3.05) is 5.73 Å². The van der Waals surface area contributed by atoms with Crippen molar-refractivity contribution < 1.29 is 47.6 Å². The number of ether oxygens (including phenoxy) is 1. The lowest BCUT2D eigenvalue weighted by Gasteiger charge is -2.33. The Bertz CT molecular complexity index is 963. The number of aromatic nitrogens is 4. The molecule has 5 atom stereocenters. The zero-order valence-corrected chi connectivity index (χ0v) is 15.2. The van der Waals surface area contributed by atoms with Gasteiger partial charge in [0.05, 0.1) is 6.10 Å². The van der Waals surface area contributed by atoms with Gasteiger partial charge in [-0.1, -0.05) is 0 Å². The van der Waals surface area contributed by atoms with E-state index in [1.807, 2.05) is 0 Å². The summed E-state index contributed by atoms with van der Waals surface area (Å²) in [5.74, 6) is -2.75. The molecule has 0 amide bonds. The second kappa shape index (κ2) is 6.53. The fraction of sp³-hybridized carbons (Fsp3) is 0.500. The predicted octanol–water partition coefficient (Wildman–Crippen LogP) is -1.61. The molecule has 1 aliphatic rings. The number of aliphatic hydroxyl groups is 2. The van der Waals surface area contributed by atoms with Gasteiger partial charge in [-0.2, -0.15) is 4.31 Å². The molecule has 0 aliphatic carbocycles. The number of nitrogens with zero attached hydrogens (tertiary/aromatic N) is 4. The van der Waals surface area contributed by atoms with Crippen LogP contribution in [-0.4, -0.2) is 62.7 Å². The number of phosphoric ester groups is 1. The lowest BCUT2D eigenvalue weighted by Crippen LogP contribution is -2.47. The second-order valence-corrected chi connectivity index (χ2v) is 8.32. The Morgan fingerprint density at radius 3 is 2.48 bits per heavy atom. The van der Waals surface area contributed by atoms with Crippen LogP contribution in [0.3, 0.4) is 0 Å². The highest BCUT2D eigenvalue weighted by Gasteiger charge is 2.60. The number of fused-ring (bicyclic) bond motifs is 1. The van der Waals surface area contributed by atoms with Crippen molar-refractivity contribution >= 4 is 32.6 Å². The first-order chi connectivity index (χ1) is 12.4. The predicted molar refractivity (Wildman–Crippen MR) is 84.3 cm³/mol. The van der Waals surface area contributed by atoms with Crippen LogP contribution in [0.25, 0.3) is 11.2 Å². The van der Waals surface area contributed by atoms with Gasteiger partial charge in [0.2, 0.25) is 0 Å². The van der Waals surface area contributed by atoms with E-state index >= 15 is 0 Å². The van der Waals surface area contributed by atoms with E-state index in [4.69, 9.17) is 24.8 Å². The molecule has 3 rings (SSSR count). The molecule has 3 heterocycles. The van der Waals surface area contributed by atoms with Gasteiger partial charge in [0.1, 0.15) is 24.3 Å². The van der Waals surface area contributed by atoms with Crippen LogP contribution in [0.2, 0.25) is 0 Å². The number of rotatable bonds is 5. The molecule has 1 fully saturated rings. The normalized spacial score (nSPS) is 31.3. The first-order valence-electron chi connectivity index (χ1n) is 7.15. The third kappa shape index (κ3) is 3.62. The van der Waals surface area contributed by atoms with Crippen LogP contribution in [0.5, 0.6) is 0 Å². The van der Waals surface area contributed by atoms with Crippen molar-refractivity contribution in [3.63, 3.8) is 0 Å². The Morgan fingerprint density at radius 2 is 1.93 bits per heavy atom. The minimum Gasteiger partial charge on any atom is -0.387 e. The summed E-state index contributed by atoms with van der Waals surface area (Å²) in [4.78, 5) is 38.8. The number of nitrogen functional groups attached to an aromatic ring is 1. The van der Waals surface area contributed by atoms with E-state index < -0.39 is 39.9 Å². The van der Waals surface area contributed by atoms with Crippen molar-refractivity contribution in [3.8, 4) is 0 Å². The molecular formula is C10H15N5O10P2. The molecule has 0 aromatic carbocycles. The van der Waals surface area contributed by atoms with Crippen LogP contribution in [0.4, 0.5) is 5.82 Å². The summed E-state index contributed by atoms with van der Waals surface area (Å²) in [6, 6.07) is 0. The van der Waals surface area contributed by atoms with Gasteiger partial charge in [-0.25, -0.2) is 28.6 Å². The summed E-state index contributed by atoms with van der Waals surface area (Å²) in [5.41, 5.74) is 5.54. The molecule has 7 N–H and O–H groups in total. The maximum atomic E-state index is 12.1. The Kier molecular flexibility index (Phi) is 4.89. The molecule has 27 heavy (non-hydrogen) atoms. The van der Waals surface area contributed by atoms with Crippen LogP contribution < -0.4 is 5.73 Å². The summed E-state index contributed by atoms with van der Waals surface area (Å²) >= 11 is 0. The number of hydrogen-bond acceptors (Lipinski definition) is 11. The SMILES string of the molecule is C[C@H]1O[C@](OP(=O)(O)OP(=O)(O)O)(n2cnc3c(N)ncnc32)[C@H](O)[C@@H]1O. The van der Waals surface area contributed by atoms with Gasteiger partial charge in [-0.15, -0.1) is 0 Å². The number of hydrogen-bond donors (Lipinski definition) is 6. The van der Waals surface area contributed by atoms with Gasteiger partial charge in [0.25, 0.3) is 5.91 Å². The zero-order chi connectivity index (χ0) is 20.2. The molecule has 17 heteroatoms. The molecule has 2 aromatic rings. The molecule has 1 saturated heterocycles. The summed E-state index contributed by atoms with van der Waals surface area (Å²) in [6.45, 7) is 1.31.